The van der Waals surface area contributed by atoms with Crippen LogP contribution in [0.3, 0.4) is 0 Å². The van der Waals surface area contributed by atoms with Crippen LogP contribution in [0.2, 0.25) is 0 Å². The Balaban J connectivity index is 2.55. The third-order valence-corrected chi connectivity index (χ3v) is 3.73. The number of hydrogen-bond acceptors (Lipinski definition) is 2. The summed E-state index contributed by atoms with van der Waals surface area (Å²) in [5.74, 6) is -0.918. The highest BCUT2D eigenvalue weighted by molar-refractivity contribution is 9.10. The van der Waals surface area contributed by atoms with E-state index < -0.39 is 11.4 Å². The monoisotopic (exact) mass is 273 g/mol. The van der Waals surface area contributed by atoms with Crippen LogP contribution in [0.15, 0.2) is 16.6 Å². The molecule has 0 bridgehead atoms. The van der Waals surface area contributed by atoms with Crippen molar-refractivity contribution in [2.75, 3.05) is 0 Å². The minimum absolute atomic E-state index is 0.329. The third-order valence-electron chi connectivity index (χ3n) is 3.06. The zero-order valence-electron chi connectivity index (χ0n) is 8.26. The van der Waals surface area contributed by atoms with Crippen molar-refractivity contribution in [3.63, 3.8) is 0 Å². The van der Waals surface area contributed by atoms with E-state index in [2.05, 4.69) is 15.9 Å². The van der Waals surface area contributed by atoms with Gasteiger partial charge in [0.1, 0.15) is 0 Å². The molecule has 82 valence electrons. The Kier molecular flexibility index (Phi) is 2.73. The molecule has 0 aliphatic heterocycles. The Morgan fingerprint density at radius 1 is 1.33 bits per heavy atom. The van der Waals surface area contributed by atoms with Crippen LogP contribution < -0.4 is 5.73 Å². The maximum atomic E-state index is 13.8. The van der Waals surface area contributed by atoms with Gasteiger partial charge in [-0.05, 0) is 25.0 Å². The molecular weight excluding hydrogens is 261 g/mol. The van der Waals surface area contributed by atoms with Crippen LogP contribution in [0.25, 0.3) is 0 Å². The van der Waals surface area contributed by atoms with Crippen LogP contribution in [-0.4, -0.2) is 5.11 Å². The van der Waals surface area contributed by atoms with Gasteiger partial charge in [0, 0.05) is 15.6 Å². The lowest BCUT2D eigenvalue weighted by Gasteiger charge is -2.26. The van der Waals surface area contributed by atoms with E-state index in [-0.39, 0.29) is 5.75 Å². The van der Waals surface area contributed by atoms with E-state index in [1.165, 1.54) is 6.07 Å². The number of rotatable bonds is 1. The Bertz CT molecular complexity index is 388. The molecule has 0 atom stereocenters. The zero-order chi connectivity index (χ0) is 11.1. The molecule has 3 N–H and O–H groups in total. The lowest BCUT2D eigenvalue weighted by atomic mass is 9.89. The number of nitrogens with two attached hydrogens (primary N) is 1. The summed E-state index contributed by atoms with van der Waals surface area (Å²) in [6.45, 7) is 0. The number of halogens is 2. The topological polar surface area (TPSA) is 46.2 Å². The first-order valence-corrected chi connectivity index (χ1v) is 5.80. The van der Waals surface area contributed by atoms with Gasteiger partial charge >= 0.3 is 0 Å². The molecule has 0 spiro atoms. The Morgan fingerprint density at radius 2 is 1.93 bits per heavy atom. The van der Waals surface area contributed by atoms with Crippen molar-refractivity contribution in [3.8, 4) is 5.75 Å². The normalized spacial score (nSPS) is 19.4. The Hall–Kier alpha value is -0.610. The lowest BCUT2D eigenvalue weighted by Crippen LogP contribution is -2.34. The molecule has 15 heavy (non-hydrogen) atoms. The van der Waals surface area contributed by atoms with Gasteiger partial charge in [-0.2, -0.15) is 0 Å². The standard InChI is InChI=1S/C11H13BrFNO/c12-7-3-4-8(15)10(13)9(7)11(14)5-1-2-6-11/h3-4,15H,1-2,5-6,14H2. The van der Waals surface area contributed by atoms with Crippen LogP contribution in [0.4, 0.5) is 4.39 Å². The molecule has 0 amide bonds. The van der Waals surface area contributed by atoms with E-state index in [1.807, 2.05) is 0 Å². The second kappa shape index (κ2) is 3.76. The van der Waals surface area contributed by atoms with Crippen LogP contribution in [0.5, 0.6) is 5.75 Å². The van der Waals surface area contributed by atoms with Gasteiger partial charge in [0.2, 0.25) is 0 Å². The summed E-state index contributed by atoms with van der Waals surface area (Å²) in [4.78, 5) is 0. The van der Waals surface area contributed by atoms with Crippen molar-refractivity contribution in [2.24, 2.45) is 5.73 Å². The highest BCUT2D eigenvalue weighted by Crippen LogP contribution is 2.42. The molecule has 1 aromatic carbocycles. The maximum Gasteiger partial charge on any atom is 0.170 e. The third kappa shape index (κ3) is 1.76. The quantitative estimate of drug-likeness (QED) is 0.826. The number of hydrogen-bond donors (Lipinski definition) is 2. The van der Waals surface area contributed by atoms with E-state index in [0.717, 1.165) is 25.7 Å². The summed E-state index contributed by atoms with van der Waals surface area (Å²) in [6.07, 6.45) is 3.56. The van der Waals surface area contributed by atoms with Crippen molar-refractivity contribution >= 4 is 15.9 Å². The Labute approximate surface area is 96.4 Å². The van der Waals surface area contributed by atoms with E-state index in [9.17, 15) is 9.50 Å². The number of phenolic OH excluding ortho intramolecular Hbond substituents is 1. The number of aromatic hydroxyl groups is 1. The van der Waals surface area contributed by atoms with Crippen LogP contribution in [0, 0.1) is 5.82 Å². The van der Waals surface area contributed by atoms with E-state index >= 15 is 0 Å². The van der Waals surface area contributed by atoms with Gasteiger partial charge in [-0.3, -0.25) is 0 Å². The van der Waals surface area contributed by atoms with Crippen molar-refractivity contribution in [3.05, 3.63) is 28.0 Å². The summed E-state index contributed by atoms with van der Waals surface area (Å²) < 4.78 is 14.4. The molecule has 1 saturated carbocycles. The molecule has 1 aliphatic carbocycles. The van der Waals surface area contributed by atoms with Crippen LogP contribution >= 0.6 is 15.9 Å². The molecule has 1 fully saturated rings. The first kappa shape index (κ1) is 10.9. The molecule has 0 radical (unpaired) electrons. The van der Waals surface area contributed by atoms with E-state index in [0.29, 0.717) is 10.0 Å². The summed E-state index contributed by atoms with van der Waals surface area (Å²) >= 11 is 3.30. The zero-order valence-corrected chi connectivity index (χ0v) is 9.85. The molecule has 4 heteroatoms. The lowest BCUT2D eigenvalue weighted by molar-refractivity contribution is 0.392. The van der Waals surface area contributed by atoms with Crippen molar-refractivity contribution in [1.82, 2.24) is 0 Å². The van der Waals surface area contributed by atoms with Gasteiger partial charge in [-0.15, -0.1) is 0 Å². The van der Waals surface area contributed by atoms with Crippen molar-refractivity contribution in [2.45, 2.75) is 31.2 Å². The average Bonchev–Trinajstić information content (AvgIpc) is 2.60. The predicted molar refractivity (Wildman–Crippen MR) is 60.1 cm³/mol. The predicted octanol–water partition coefficient (Wildman–Crippen LogP) is 3.02. The van der Waals surface area contributed by atoms with E-state index in [4.69, 9.17) is 5.73 Å². The number of benzene rings is 1. The molecule has 0 aromatic heterocycles. The van der Waals surface area contributed by atoms with Gasteiger partial charge in [0.05, 0.1) is 0 Å². The van der Waals surface area contributed by atoms with Gasteiger partial charge in [-0.1, -0.05) is 28.8 Å². The minimum atomic E-state index is -0.623. The second-order valence-corrected chi connectivity index (χ2v) is 4.97. The highest BCUT2D eigenvalue weighted by Gasteiger charge is 2.36. The number of phenols is 1. The molecule has 2 rings (SSSR count). The molecule has 1 aliphatic rings. The maximum absolute atomic E-state index is 13.8. The molecule has 1 aromatic rings. The highest BCUT2D eigenvalue weighted by atomic mass is 79.9. The van der Waals surface area contributed by atoms with Crippen molar-refractivity contribution < 1.29 is 9.50 Å². The first-order valence-electron chi connectivity index (χ1n) is 5.01. The second-order valence-electron chi connectivity index (χ2n) is 4.12. The summed E-state index contributed by atoms with van der Waals surface area (Å²) in [7, 11) is 0. The average molecular weight is 274 g/mol. The SMILES string of the molecule is NC1(c2c(Br)ccc(O)c2F)CCCC1. The fourth-order valence-corrected chi connectivity index (χ4v) is 2.95. The smallest absolute Gasteiger partial charge is 0.170 e. The first-order chi connectivity index (χ1) is 7.04. The molecule has 0 heterocycles. The minimum Gasteiger partial charge on any atom is -0.505 e. The molecule has 0 unspecified atom stereocenters. The van der Waals surface area contributed by atoms with Crippen LogP contribution in [0.1, 0.15) is 31.2 Å². The summed E-state index contributed by atoms with van der Waals surface area (Å²) in [5, 5.41) is 9.35. The molecular formula is C11H13BrFNO. The van der Waals surface area contributed by atoms with Gasteiger partial charge in [-0.25, -0.2) is 4.39 Å². The molecule has 0 saturated heterocycles. The van der Waals surface area contributed by atoms with Crippen LogP contribution in [-0.2, 0) is 5.54 Å². The van der Waals surface area contributed by atoms with Crippen molar-refractivity contribution in [1.29, 1.82) is 0 Å². The van der Waals surface area contributed by atoms with E-state index in [1.54, 1.807) is 6.07 Å². The fraction of sp³-hybridized carbons (Fsp3) is 0.455. The van der Waals surface area contributed by atoms with Gasteiger partial charge in [0.25, 0.3) is 0 Å². The van der Waals surface area contributed by atoms with Gasteiger partial charge < -0.3 is 10.8 Å². The molecule has 2 nitrogen and oxygen atoms in total. The van der Waals surface area contributed by atoms with Gasteiger partial charge in [0.15, 0.2) is 11.6 Å². The Morgan fingerprint density at radius 3 is 2.53 bits per heavy atom. The summed E-state index contributed by atoms with van der Waals surface area (Å²) in [5.41, 5.74) is 5.96. The largest absolute Gasteiger partial charge is 0.505 e. The summed E-state index contributed by atoms with van der Waals surface area (Å²) in [6, 6.07) is 2.97. The fourth-order valence-electron chi connectivity index (χ4n) is 2.25.